The second kappa shape index (κ2) is 5.97. The number of amides is 1. The number of halogens is 1. The molecule has 100 valence electrons. The number of carbonyl (C=O) groups excluding carboxylic acids is 1. The van der Waals surface area contributed by atoms with Gasteiger partial charge in [0.1, 0.15) is 23.2 Å². The summed E-state index contributed by atoms with van der Waals surface area (Å²) in [5.41, 5.74) is -0.573. The molecule has 1 rings (SSSR count). The molecule has 0 saturated heterocycles. The summed E-state index contributed by atoms with van der Waals surface area (Å²) in [4.78, 5) is 19.5. The van der Waals surface area contributed by atoms with Crippen molar-refractivity contribution in [2.45, 2.75) is 33.0 Å². The van der Waals surface area contributed by atoms with Crippen molar-refractivity contribution in [2.75, 3.05) is 12.4 Å². The van der Waals surface area contributed by atoms with Gasteiger partial charge in [-0.3, -0.25) is 5.32 Å². The van der Waals surface area contributed by atoms with Crippen LogP contribution in [0.15, 0.2) is 6.07 Å². The number of ether oxygens (including phenoxy) is 2. The minimum atomic E-state index is -0.597. The summed E-state index contributed by atoms with van der Waals surface area (Å²) in [6, 6.07) is 1.44. The summed E-state index contributed by atoms with van der Waals surface area (Å²) < 4.78 is 9.99. The summed E-state index contributed by atoms with van der Waals surface area (Å²) in [5.74, 6) is 0.660. The standard InChI is InChI=1S/C11H16ClN3O3/c1-11(2,3)18-10(16)15-8-5-7(12)13-9(14-8)6-17-4/h5H,6H2,1-4H3,(H,13,14,15,16). The van der Waals surface area contributed by atoms with Crippen LogP contribution in [0.2, 0.25) is 5.15 Å². The lowest BCUT2D eigenvalue weighted by atomic mass is 10.2. The van der Waals surface area contributed by atoms with Gasteiger partial charge in [-0.1, -0.05) is 11.6 Å². The Labute approximate surface area is 111 Å². The number of carbonyl (C=O) groups is 1. The summed E-state index contributed by atoms with van der Waals surface area (Å²) >= 11 is 5.80. The van der Waals surface area contributed by atoms with Crippen LogP contribution < -0.4 is 5.32 Å². The molecule has 1 heterocycles. The molecule has 1 aromatic heterocycles. The summed E-state index contributed by atoms with van der Waals surface area (Å²) in [7, 11) is 1.52. The van der Waals surface area contributed by atoms with Crippen LogP contribution in [0.25, 0.3) is 0 Å². The zero-order valence-electron chi connectivity index (χ0n) is 10.8. The fourth-order valence-corrected chi connectivity index (χ4v) is 1.33. The van der Waals surface area contributed by atoms with E-state index in [1.807, 2.05) is 0 Å². The molecule has 0 saturated carbocycles. The van der Waals surface area contributed by atoms with Crippen molar-refractivity contribution in [3.8, 4) is 0 Å². The molecule has 6 nitrogen and oxygen atoms in total. The Morgan fingerprint density at radius 2 is 2.11 bits per heavy atom. The second-order valence-corrected chi connectivity index (χ2v) is 4.94. The van der Waals surface area contributed by atoms with Crippen molar-refractivity contribution in [1.29, 1.82) is 0 Å². The lowest BCUT2D eigenvalue weighted by molar-refractivity contribution is 0.0635. The first-order valence-corrected chi connectivity index (χ1v) is 5.70. The van der Waals surface area contributed by atoms with Gasteiger partial charge in [0.2, 0.25) is 0 Å². The molecule has 0 bridgehead atoms. The van der Waals surface area contributed by atoms with E-state index in [9.17, 15) is 4.79 Å². The summed E-state index contributed by atoms with van der Waals surface area (Å²) in [6.45, 7) is 5.53. The fourth-order valence-electron chi connectivity index (χ4n) is 1.13. The number of anilines is 1. The van der Waals surface area contributed by atoms with Gasteiger partial charge in [0, 0.05) is 13.2 Å². The number of hydrogen-bond acceptors (Lipinski definition) is 5. The van der Waals surface area contributed by atoms with E-state index in [2.05, 4.69) is 15.3 Å². The van der Waals surface area contributed by atoms with Crippen molar-refractivity contribution < 1.29 is 14.3 Å². The first kappa shape index (κ1) is 14.7. The maximum Gasteiger partial charge on any atom is 0.413 e. The number of aromatic nitrogens is 2. The average molecular weight is 274 g/mol. The molecule has 1 amide bonds. The van der Waals surface area contributed by atoms with Crippen molar-refractivity contribution in [2.24, 2.45) is 0 Å². The van der Waals surface area contributed by atoms with Crippen LogP contribution in [0.5, 0.6) is 0 Å². The summed E-state index contributed by atoms with van der Waals surface area (Å²) in [5, 5.41) is 2.71. The molecule has 18 heavy (non-hydrogen) atoms. The van der Waals surface area contributed by atoms with Gasteiger partial charge in [0.15, 0.2) is 5.82 Å². The first-order valence-electron chi connectivity index (χ1n) is 5.32. The van der Waals surface area contributed by atoms with Gasteiger partial charge in [-0.05, 0) is 20.8 Å². The van der Waals surface area contributed by atoms with Crippen LogP contribution in [-0.2, 0) is 16.1 Å². The quantitative estimate of drug-likeness (QED) is 0.857. The first-order chi connectivity index (χ1) is 8.30. The minimum Gasteiger partial charge on any atom is -0.444 e. The molecule has 7 heteroatoms. The zero-order valence-corrected chi connectivity index (χ0v) is 11.5. The highest BCUT2D eigenvalue weighted by Crippen LogP contribution is 2.14. The van der Waals surface area contributed by atoms with Gasteiger partial charge in [0.05, 0.1) is 0 Å². The molecule has 0 spiro atoms. The van der Waals surface area contributed by atoms with Gasteiger partial charge in [-0.2, -0.15) is 0 Å². The number of methoxy groups -OCH3 is 1. The third-order valence-electron chi connectivity index (χ3n) is 1.64. The van der Waals surface area contributed by atoms with Crippen molar-refractivity contribution in [3.63, 3.8) is 0 Å². The predicted octanol–water partition coefficient (Wildman–Crippen LogP) is 2.62. The second-order valence-electron chi connectivity index (χ2n) is 4.55. The molecule has 0 aliphatic carbocycles. The number of hydrogen-bond donors (Lipinski definition) is 1. The molecule has 0 aromatic carbocycles. The number of nitrogens with zero attached hydrogens (tertiary/aromatic N) is 2. The van der Waals surface area contributed by atoms with E-state index < -0.39 is 11.7 Å². The van der Waals surface area contributed by atoms with E-state index in [0.29, 0.717) is 5.82 Å². The Balaban J connectivity index is 2.75. The smallest absolute Gasteiger partial charge is 0.413 e. The monoisotopic (exact) mass is 273 g/mol. The lowest BCUT2D eigenvalue weighted by Gasteiger charge is -2.19. The van der Waals surface area contributed by atoms with Gasteiger partial charge >= 0.3 is 6.09 Å². The van der Waals surface area contributed by atoms with Crippen LogP contribution in [0.1, 0.15) is 26.6 Å². The normalized spacial score (nSPS) is 11.2. The van der Waals surface area contributed by atoms with Crippen molar-refractivity contribution >= 4 is 23.5 Å². The van der Waals surface area contributed by atoms with Gasteiger partial charge in [-0.25, -0.2) is 14.8 Å². The highest BCUT2D eigenvalue weighted by Gasteiger charge is 2.17. The number of rotatable bonds is 3. The number of nitrogens with one attached hydrogen (secondary N) is 1. The predicted molar refractivity (Wildman–Crippen MR) is 67.6 cm³/mol. The van der Waals surface area contributed by atoms with E-state index in [1.165, 1.54) is 13.2 Å². The van der Waals surface area contributed by atoms with Crippen LogP contribution in [0, 0.1) is 0 Å². The van der Waals surface area contributed by atoms with Crippen molar-refractivity contribution in [1.82, 2.24) is 9.97 Å². The molecular weight excluding hydrogens is 258 g/mol. The Morgan fingerprint density at radius 3 is 2.67 bits per heavy atom. The van der Waals surface area contributed by atoms with Crippen LogP contribution in [0.3, 0.4) is 0 Å². The van der Waals surface area contributed by atoms with E-state index in [4.69, 9.17) is 21.1 Å². The maximum absolute atomic E-state index is 11.5. The van der Waals surface area contributed by atoms with Gasteiger partial charge in [-0.15, -0.1) is 0 Å². The zero-order chi connectivity index (χ0) is 13.8. The molecule has 0 aliphatic rings. The van der Waals surface area contributed by atoms with Crippen LogP contribution >= 0.6 is 11.6 Å². The lowest BCUT2D eigenvalue weighted by Crippen LogP contribution is -2.27. The van der Waals surface area contributed by atoms with Gasteiger partial charge in [0.25, 0.3) is 0 Å². The SMILES string of the molecule is COCc1nc(Cl)cc(NC(=O)OC(C)(C)C)n1. The molecule has 0 fully saturated rings. The minimum absolute atomic E-state index is 0.212. The fraction of sp³-hybridized carbons (Fsp3) is 0.545. The van der Waals surface area contributed by atoms with Crippen LogP contribution in [0.4, 0.5) is 10.6 Å². The van der Waals surface area contributed by atoms with Crippen molar-refractivity contribution in [3.05, 3.63) is 17.0 Å². The average Bonchev–Trinajstić information content (AvgIpc) is 2.12. The molecule has 0 atom stereocenters. The van der Waals surface area contributed by atoms with E-state index in [-0.39, 0.29) is 17.6 Å². The summed E-state index contributed by atoms with van der Waals surface area (Å²) in [6.07, 6.45) is -0.597. The third-order valence-corrected chi connectivity index (χ3v) is 1.84. The molecule has 1 aromatic rings. The van der Waals surface area contributed by atoms with E-state index in [0.717, 1.165) is 0 Å². The Kier molecular flexibility index (Phi) is 4.86. The third kappa shape index (κ3) is 5.29. The Morgan fingerprint density at radius 1 is 1.44 bits per heavy atom. The molecular formula is C11H16ClN3O3. The van der Waals surface area contributed by atoms with E-state index in [1.54, 1.807) is 20.8 Å². The largest absolute Gasteiger partial charge is 0.444 e. The maximum atomic E-state index is 11.5. The van der Waals surface area contributed by atoms with E-state index >= 15 is 0 Å². The Bertz CT molecular complexity index is 432. The molecule has 0 unspecified atom stereocenters. The van der Waals surface area contributed by atoms with Gasteiger partial charge < -0.3 is 9.47 Å². The molecule has 0 radical (unpaired) electrons. The topological polar surface area (TPSA) is 73.3 Å². The molecule has 1 N–H and O–H groups in total. The molecule has 0 aliphatic heterocycles. The Hall–Kier alpha value is -1.40. The van der Waals surface area contributed by atoms with Crippen LogP contribution in [-0.4, -0.2) is 28.8 Å². The highest BCUT2D eigenvalue weighted by atomic mass is 35.5. The highest BCUT2D eigenvalue weighted by molar-refractivity contribution is 6.29.